The maximum absolute atomic E-state index is 12.1. The Hall–Kier alpha value is -2.28. The van der Waals surface area contributed by atoms with Crippen LogP contribution in [0.4, 0.5) is 4.79 Å². The van der Waals surface area contributed by atoms with E-state index in [1.165, 1.54) is 5.57 Å². The monoisotopic (exact) mass is 298 g/mol. The summed E-state index contributed by atoms with van der Waals surface area (Å²) >= 11 is 0. The predicted octanol–water partition coefficient (Wildman–Crippen LogP) is 3.97. The lowest BCUT2D eigenvalue weighted by Crippen LogP contribution is -2.37. The third-order valence-corrected chi connectivity index (χ3v) is 3.48. The molecule has 2 rings (SSSR count). The molecule has 0 bridgehead atoms. The van der Waals surface area contributed by atoms with Crippen LogP contribution >= 0.6 is 0 Å². The zero-order chi connectivity index (χ0) is 16.2. The Morgan fingerprint density at radius 1 is 1.23 bits per heavy atom. The number of nitriles is 1. The van der Waals surface area contributed by atoms with Crippen molar-refractivity contribution in [2.75, 3.05) is 13.1 Å². The van der Waals surface area contributed by atoms with Crippen LogP contribution in [-0.2, 0) is 4.74 Å². The van der Waals surface area contributed by atoms with Crippen LogP contribution in [-0.4, -0.2) is 29.7 Å². The Labute approximate surface area is 132 Å². The average molecular weight is 298 g/mol. The molecule has 0 N–H and O–H groups in total. The summed E-state index contributed by atoms with van der Waals surface area (Å²) < 4.78 is 5.43. The van der Waals surface area contributed by atoms with Crippen molar-refractivity contribution in [2.24, 2.45) is 0 Å². The second-order valence-electron chi connectivity index (χ2n) is 6.42. The van der Waals surface area contributed by atoms with Gasteiger partial charge in [0.05, 0.1) is 11.6 Å². The third-order valence-electron chi connectivity index (χ3n) is 3.48. The van der Waals surface area contributed by atoms with Gasteiger partial charge in [0.2, 0.25) is 0 Å². The first-order chi connectivity index (χ1) is 10.4. The summed E-state index contributed by atoms with van der Waals surface area (Å²) in [5.74, 6) is 0. The summed E-state index contributed by atoms with van der Waals surface area (Å²) in [6.45, 7) is 6.96. The molecule has 0 atom stereocenters. The van der Waals surface area contributed by atoms with Crippen molar-refractivity contribution in [1.29, 1.82) is 5.26 Å². The van der Waals surface area contributed by atoms with E-state index >= 15 is 0 Å². The molecule has 0 radical (unpaired) electrons. The van der Waals surface area contributed by atoms with Crippen molar-refractivity contribution >= 4 is 11.7 Å². The number of nitrogens with zero attached hydrogens (tertiary/aromatic N) is 2. The fourth-order valence-corrected chi connectivity index (χ4v) is 2.39. The molecule has 4 heteroatoms. The lowest BCUT2D eigenvalue weighted by molar-refractivity contribution is 0.0260. The van der Waals surface area contributed by atoms with Crippen LogP contribution in [0.3, 0.4) is 0 Å². The number of benzene rings is 1. The van der Waals surface area contributed by atoms with Crippen molar-refractivity contribution < 1.29 is 9.53 Å². The van der Waals surface area contributed by atoms with Gasteiger partial charge in [0.25, 0.3) is 0 Å². The fourth-order valence-electron chi connectivity index (χ4n) is 2.39. The van der Waals surface area contributed by atoms with Crippen molar-refractivity contribution in [3.05, 3.63) is 41.5 Å². The number of hydrogen-bond donors (Lipinski definition) is 0. The van der Waals surface area contributed by atoms with Crippen LogP contribution in [0.15, 0.2) is 30.3 Å². The lowest BCUT2D eigenvalue weighted by Gasteiger charge is -2.26. The molecule has 4 nitrogen and oxygen atoms in total. The molecule has 1 aliphatic heterocycles. The Morgan fingerprint density at radius 3 is 2.50 bits per heavy atom. The van der Waals surface area contributed by atoms with E-state index in [-0.39, 0.29) is 6.09 Å². The Kier molecular flexibility index (Phi) is 4.87. The SMILES string of the molecule is CC(C)(C)OC(=O)N1CCC=C(c2ccc(C#N)cc2)CC1. The number of amides is 1. The van der Waals surface area contributed by atoms with E-state index in [0.29, 0.717) is 18.7 Å². The fraction of sp³-hybridized carbons (Fsp3) is 0.444. The normalized spacial score (nSPS) is 15.5. The van der Waals surface area contributed by atoms with E-state index in [1.807, 2.05) is 45.0 Å². The standard InChI is InChI=1S/C18H22N2O2/c1-18(2,3)22-17(21)20-11-4-5-15(10-12-20)16-8-6-14(13-19)7-9-16/h5-9H,4,10-12H2,1-3H3. The van der Waals surface area contributed by atoms with E-state index in [2.05, 4.69) is 12.1 Å². The van der Waals surface area contributed by atoms with Gasteiger partial charge in [0.1, 0.15) is 5.60 Å². The van der Waals surface area contributed by atoms with Crippen molar-refractivity contribution in [2.45, 2.75) is 39.2 Å². The molecule has 0 aliphatic carbocycles. The molecule has 0 aromatic heterocycles. The van der Waals surface area contributed by atoms with Crippen LogP contribution in [0.25, 0.3) is 5.57 Å². The van der Waals surface area contributed by atoms with Gasteiger partial charge in [-0.05, 0) is 56.9 Å². The van der Waals surface area contributed by atoms with Crippen LogP contribution in [0.5, 0.6) is 0 Å². The van der Waals surface area contributed by atoms with E-state index < -0.39 is 5.60 Å². The van der Waals surface area contributed by atoms with Gasteiger partial charge < -0.3 is 9.64 Å². The van der Waals surface area contributed by atoms with Gasteiger partial charge in [-0.3, -0.25) is 0 Å². The Morgan fingerprint density at radius 2 is 1.91 bits per heavy atom. The summed E-state index contributed by atoms with van der Waals surface area (Å²) in [5, 5.41) is 8.85. The number of carbonyl (C=O) groups is 1. The highest BCUT2D eigenvalue weighted by Crippen LogP contribution is 2.23. The molecule has 0 spiro atoms. The summed E-state index contributed by atoms with van der Waals surface area (Å²) in [6, 6.07) is 9.71. The first-order valence-corrected chi connectivity index (χ1v) is 7.56. The number of ether oxygens (including phenoxy) is 1. The van der Waals surface area contributed by atoms with Gasteiger partial charge in [-0.1, -0.05) is 18.2 Å². The zero-order valence-corrected chi connectivity index (χ0v) is 13.4. The maximum atomic E-state index is 12.1. The molecule has 1 amide bonds. The Balaban J connectivity index is 2.01. The van der Waals surface area contributed by atoms with Crippen LogP contribution in [0, 0.1) is 11.3 Å². The Bertz CT molecular complexity index is 603. The molecular formula is C18H22N2O2. The van der Waals surface area contributed by atoms with Gasteiger partial charge >= 0.3 is 6.09 Å². The molecular weight excluding hydrogens is 276 g/mol. The second-order valence-corrected chi connectivity index (χ2v) is 6.42. The lowest BCUT2D eigenvalue weighted by atomic mass is 10.0. The highest BCUT2D eigenvalue weighted by Gasteiger charge is 2.23. The third kappa shape index (κ3) is 4.36. The number of rotatable bonds is 1. The van der Waals surface area contributed by atoms with Crippen LogP contribution < -0.4 is 0 Å². The van der Waals surface area contributed by atoms with Gasteiger partial charge in [-0.2, -0.15) is 5.26 Å². The summed E-state index contributed by atoms with van der Waals surface area (Å²) in [7, 11) is 0. The van der Waals surface area contributed by atoms with Gasteiger partial charge in [-0.15, -0.1) is 0 Å². The van der Waals surface area contributed by atoms with Crippen molar-refractivity contribution in [3.8, 4) is 6.07 Å². The van der Waals surface area contributed by atoms with Gasteiger partial charge in [0.15, 0.2) is 0 Å². The topological polar surface area (TPSA) is 53.3 Å². The highest BCUT2D eigenvalue weighted by atomic mass is 16.6. The van der Waals surface area contributed by atoms with Crippen LogP contribution in [0.2, 0.25) is 0 Å². The maximum Gasteiger partial charge on any atom is 0.410 e. The minimum absolute atomic E-state index is 0.248. The number of carbonyl (C=O) groups excluding carboxylic acids is 1. The second kappa shape index (κ2) is 6.65. The van der Waals surface area contributed by atoms with Crippen LogP contribution in [0.1, 0.15) is 44.7 Å². The smallest absolute Gasteiger partial charge is 0.410 e. The average Bonchev–Trinajstić information content (AvgIpc) is 2.71. The predicted molar refractivity (Wildman–Crippen MR) is 86.2 cm³/mol. The minimum atomic E-state index is -0.466. The quantitative estimate of drug-likeness (QED) is 0.788. The summed E-state index contributed by atoms with van der Waals surface area (Å²) in [6.07, 6.45) is 3.54. The first-order valence-electron chi connectivity index (χ1n) is 7.56. The summed E-state index contributed by atoms with van der Waals surface area (Å²) in [5.41, 5.74) is 2.53. The molecule has 1 aromatic carbocycles. The molecule has 1 heterocycles. The molecule has 22 heavy (non-hydrogen) atoms. The molecule has 1 aliphatic rings. The largest absolute Gasteiger partial charge is 0.444 e. The molecule has 1 aromatic rings. The van der Waals surface area contributed by atoms with Gasteiger partial charge in [0, 0.05) is 13.1 Å². The van der Waals surface area contributed by atoms with E-state index in [9.17, 15) is 4.79 Å². The molecule has 0 unspecified atom stereocenters. The highest BCUT2D eigenvalue weighted by molar-refractivity contribution is 5.71. The van der Waals surface area contributed by atoms with Crippen molar-refractivity contribution in [1.82, 2.24) is 4.90 Å². The van der Waals surface area contributed by atoms with E-state index in [4.69, 9.17) is 10.00 Å². The molecule has 0 fully saturated rings. The van der Waals surface area contributed by atoms with E-state index in [1.54, 1.807) is 4.90 Å². The van der Waals surface area contributed by atoms with Gasteiger partial charge in [-0.25, -0.2) is 4.79 Å². The first kappa shape index (κ1) is 16.1. The van der Waals surface area contributed by atoms with E-state index in [0.717, 1.165) is 18.4 Å². The van der Waals surface area contributed by atoms with Crippen molar-refractivity contribution in [3.63, 3.8) is 0 Å². The number of hydrogen-bond acceptors (Lipinski definition) is 3. The molecule has 0 saturated heterocycles. The minimum Gasteiger partial charge on any atom is -0.444 e. The summed E-state index contributed by atoms with van der Waals surface area (Å²) in [4.78, 5) is 13.9. The molecule has 116 valence electrons. The molecule has 0 saturated carbocycles. The zero-order valence-electron chi connectivity index (χ0n) is 13.4.